The van der Waals surface area contributed by atoms with Gasteiger partial charge >= 0.3 is 0 Å². The molecule has 104 valence electrons. The van der Waals surface area contributed by atoms with Crippen molar-refractivity contribution in [1.29, 1.82) is 0 Å². The van der Waals surface area contributed by atoms with Gasteiger partial charge in [0.2, 0.25) is 11.8 Å². The third kappa shape index (κ3) is 5.04. The summed E-state index contributed by atoms with van der Waals surface area (Å²) in [7, 11) is 3.46. The zero-order valence-corrected chi connectivity index (χ0v) is 11.4. The fourth-order valence-corrected chi connectivity index (χ4v) is 2.54. The van der Waals surface area contributed by atoms with Crippen LogP contribution in [0.15, 0.2) is 0 Å². The molecule has 18 heavy (non-hydrogen) atoms. The van der Waals surface area contributed by atoms with E-state index in [1.54, 1.807) is 19.0 Å². The molecule has 1 aliphatic rings. The van der Waals surface area contributed by atoms with E-state index >= 15 is 0 Å². The highest BCUT2D eigenvalue weighted by molar-refractivity contribution is 5.78. The van der Waals surface area contributed by atoms with Crippen LogP contribution in [0.25, 0.3) is 0 Å². The highest BCUT2D eigenvalue weighted by atomic mass is 16.2. The lowest BCUT2D eigenvalue weighted by Gasteiger charge is -2.30. The molecule has 2 amide bonds. The molecule has 5 nitrogen and oxygen atoms in total. The lowest BCUT2D eigenvalue weighted by atomic mass is 9.82. The lowest BCUT2D eigenvalue weighted by molar-refractivity contribution is -0.128. The molecule has 1 atom stereocenters. The summed E-state index contributed by atoms with van der Waals surface area (Å²) in [6, 6.07) is 0.0479. The number of hydrogen-bond donors (Lipinski definition) is 2. The normalized spacial score (nSPS) is 18.3. The highest BCUT2D eigenvalue weighted by Gasteiger charge is 2.25. The van der Waals surface area contributed by atoms with Gasteiger partial charge in [0.15, 0.2) is 0 Å². The second-order valence-corrected chi connectivity index (χ2v) is 5.34. The van der Waals surface area contributed by atoms with Gasteiger partial charge in [-0.1, -0.05) is 19.3 Å². The van der Waals surface area contributed by atoms with Gasteiger partial charge in [-0.15, -0.1) is 0 Å². The SMILES string of the molecule is CN(C)C(=O)CN[C@@H](CC(N)=O)C1CCCCC1. The lowest BCUT2D eigenvalue weighted by Crippen LogP contribution is -2.44. The number of hydrogen-bond acceptors (Lipinski definition) is 3. The van der Waals surface area contributed by atoms with E-state index in [2.05, 4.69) is 5.32 Å². The Bertz CT molecular complexity index is 286. The molecule has 0 aromatic heterocycles. The molecular weight excluding hydrogens is 230 g/mol. The van der Waals surface area contributed by atoms with Crippen LogP contribution in [-0.4, -0.2) is 43.4 Å². The molecule has 1 rings (SSSR count). The Morgan fingerprint density at radius 3 is 2.39 bits per heavy atom. The number of carbonyl (C=O) groups excluding carboxylic acids is 2. The molecule has 0 saturated heterocycles. The average Bonchev–Trinajstić information content (AvgIpc) is 2.34. The maximum Gasteiger partial charge on any atom is 0.236 e. The molecule has 3 N–H and O–H groups in total. The molecule has 0 spiro atoms. The van der Waals surface area contributed by atoms with Crippen LogP contribution in [-0.2, 0) is 9.59 Å². The minimum absolute atomic E-state index is 0.0280. The third-order valence-corrected chi connectivity index (χ3v) is 3.65. The number of carbonyl (C=O) groups is 2. The maximum absolute atomic E-state index is 11.6. The monoisotopic (exact) mass is 255 g/mol. The Labute approximate surface area is 109 Å². The second-order valence-electron chi connectivity index (χ2n) is 5.34. The fourth-order valence-electron chi connectivity index (χ4n) is 2.54. The van der Waals surface area contributed by atoms with Gasteiger partial charge in [-0.3, -0.25) is 9.59 Å². The standard InChI is InChI=1S/C13H25N3O2/c1-16(2)13(18)9-15-11(8-12(14)17)10-6-4-3-5-7-10/h10-11,15H,3-9H2,1-2H3,(H2,14,17)/t11-/m0/s1. The minimum Gasteiger partial charge on any atom is -0.370 e. The van der Waals surface area contributed by atoms with Crippen LogP contribution >= 0.6 is 0 Å². The third-order valence-electron chi connectivity index (χ3n) is 3.65. The van der Waals surface area contributed by atoms with Gasteiger partial charge in [0.05, 0.1) is 6.54 Å². The summed E-state index contributed by atoms with van der Waals surface area (Å²) in [6.45, 7) is 0.279. The molecule has 1 fully saturated rings. The predicted molar refractivity (Wildman–Crippen MR) is 70.9 cm³/mol. The summed E-state index contributed by atoms with van der Waals surface area (Å²) < 4.78 is 0. The summed E-state index contributed by atoms with van der Waals surface area (Å²) in [5.41, 5.74) is 5.29. The first-order chi connectivity index (χ1) is 8.50. The number of nitrogens with one attached hydrogen (secondary N) is 1. The van der Waals surface area contributed by atoms with Crippen molar-refractivity contribution in [2.45, 2.75) is 44.6 Å². The Balaban J connectivity index is 2.49. The Hall–Kier alpha value is -1.10. The van der Waals surface area contributed by atoms with Crippen LogP contribution in [0.4, 0.5) is 0 Å². The highest BCUT2D eigenvalue weighted by Crippen LogP contribution is 2.27. The molecule has 0 bridgehead atoms. The first-order valence-electron chi connectivity index (χ1n) is 6.72. The van der Waals surface area contributed by atoms with Crippen LogP contribution in [0.3, 0.4) is 0 Å². The van der Waals surface area contributed by atoms with E-state index in [-0.39, 0.29) is 24.4 Å². The van der Waals surface area contributed by atoms with E-state index in [4.69, 9.17) is 5.73 Å². The summed E-state index contributed by atoms with van der Waals surface area (Å²) >= 11 is 0. The summed E-state index contributed by atoms with van der Waals surface area (Å²) in [6.07, 6.45) is 6.27. The second kappa shape index (κ2) is 7.36. The van der Waals surface area contributed by atoms with Crippen LogP contribution in [0.2, 0.25) is 0 Å². The van der Waals surface area contributed by atoms with E-state index in [0.717, 1.165) is 12.8 Å². The van der Waals surface area contributed by atoms with Crippen LogP contribution < -0.4 is 11.1 Å². The molecule has 1 aliphatic carbocycles. The number of rotatable bonds is 6. The number of likely N-dealkylation sites (N-methyl/N-ethyl adjacent to an activating group) is 1. The molecule has 0 heterocycles. The van der Waals surface area contributed by atoms with E-state index in [9.17, 15) is 9.59 Å². The average molecular weight is 255 g/mol. The first kappa shape index (κ1) is 15.0. The van der Waals surface area contributed by atoms with Crippen molar-refractivity contribution >= 4 is 11.8 Å². The van der Waals surface area contributed by atoms with Crippen molar-refractivity contribution in [3.05, 3.63) is 0 Å². The van der Waals surface area contributed by atoms with Crippen molar-refractivity contribution in [2.75, 3.05) is 20.6 Å². The zero-order valence-electron chi connectivity index (χ0n) is 11.4. The smallest absolute Gasteiger partial charge is 0.236 e. The van der Waals surface area contributed by atoms with Crippen molar-refractivity contribution in [1.82, 2.24) is 10.2 Å². The van der Waals surface area contributed by atoms with Gasteiger partial charge in [-0.05, 0) is 18.8 Å². The van der Waals surface area contributed by atoms with Gasteiger partial charge in [0.25, 0.3) is 0 Å². The predicted octanol–water partition coefficient (Wildman–Crippen LogP) is 0.489. The molecule has 1 saturated carbocycles. The number of amides is 2. The number of primary amides is 1. The largest absolute Gasteiger partial charge is 0.370 e. The van der Waals surface area contributed by atoms with Crippen molar-refractivity contribution in [2.24, 2.45) is 11.7 Å². The van der Waals surface area contributed by atoms with Crippen LogP contribution in [0, 0.1) is 5.92 Å². The van der Waals surface area contributed by atoms with Gasteiger partial charge in [-0.25, -0.2) is 0 Å². The molecule has 0 aliphatic heterocycles. The van der Waals surface area contributed by atoms with E-state index < -0.39 is 0 Å². The fraction of sp³-hybridized carbons (Fsp3) is 0.846. The summed E-state index contributed by atoms with van der Waals surface area (Å²) in [5, 5.41) is 3.21. The summed E-state index contributed by atoms with van der Waals surface area (Å²) in [5.74, 6) is 0.205. The van der Waals surface area contributed by atoms with Gasteiger partial charge in [0.1, 0.15) is 0 Å². The number of nitrogens with zero attached hydrogens (tertiary/aromatic N) is 1. The van der Waals surface area contributed by atoms with Gasteiger partial charge < -0.3 is 16.0 Å². The minimum atomic E-state index is -0.296. The van der Waals surface area contributed by atoms with Crippen molar-refractivity contribution in [3.8, 4) is 0 Å². The van der Waals surface area contributed by atoms with Crippen LogP contribution in [0.5, 0.6) is 0 Å². The molecular formula is C13H25N3O2. The van der Waals surface area contributed by atoms with Crippen molar-refractivity contribution in [3.63, 3.8) is 0 Å². The van der Waals surface area contributed by atoms with E-state index in [1.807, 2.05) is 0 Å². The van der Waals surface area contributed by atoms with E-state index in [0.29, 0.717) is 12.3 Å². The topological polar surface area (TPSA) is 75.4 Å². The van der Waals surface area contributed by atoms with Gasteiger partial charge in [0, 0.05) is 26.6 Å². The van der Waals surface area contributed by atoms with E-state index in [1.165, 1.54) is 19.3 Å². The van der Waals surface area contributed by atoms with Gasteiger partial charge in [-0.2, -0.15) is 0 Å². The molecule has 0 aromatic rings. The molecule has 0 unspecified atom stereocenters. The Morgan fingerprint density at radius 2 is 1.89 bits per heavy atom. The Kier molecular flexibility index (Phi) is 6.12. The number of nitrogens with two attached hydrogens (primary N) is 1. The van der Waals surface area contributed by atoms with Crippen molar-refractivity contribution < 1.29 is 9.59 Å². The molecule has 0 radical (unpaired) electrons. The first-order valence-corrected chi connectivity index (χ1v) is 6.72. The van der Waals surface area contributed by atoms with Crippen LogP contribution in [0.1, 0.15) is 38.5 Å². The quantitative estimate of drug-likeness (QED) is 0.725. The molecule has 0 aromatic carbocycles. The Morgan fingerprint density at radius 1 is 1.28 bits per heavy atom. The summed E-state index contributed by atoms with van der Waals surface area (Å²) in [4.78, 5) is 24.2. The molecule has 5 heteroatoms. The zero-order chi connectivity index (χ0) is 13.5. The maximum atomic E-state index is 11.6.